The van der Waals surface area contributed by atoms with Crippen molar-refractivity contribution in [1.29, 1.82) is 0 Å². The molecule has 70 valence electrons. The van der Waals surface area contributed by atoms with Gasteiger partial charge in [-0.05, 0) is 12.1 Å². The second kappa shape index (κ2) is 3.83. The number of benzene rings is 1. The zero-order valence-electron chi connectivity index (χ0n) is 6.72. The van der Waals surface area contributed by atoms with Crippen molar-refractivity contribution in [3.63, 3.8) is 0 Å². The Balaban J connectivity index is 2.80. The first kappa shape index (κ1) is 10.1. The maximum Gasteiger partial charge on any atom is 0.479 e. The maximum absolute atomic E-state index is 12.6. The second-order valence-corrected chi connectivity index (χ2v) is 4.05. The average molecular weight is 203 g/mol. The molecule has 0 aliphatic rings. The van der Waals surface area contributed by atoms with Crippen molar-refractivity contribution in [1.82, 2.24) is 0 Å². The number of hydrogen-bond acceptors (Lipinski definition) is 3. The quantitative estimate of drug-likeness (QED) is 0.739. The van der Waals surface area contributed by atoms with Crippen molar-refractivity contribution < 1.29 is 18.7 Å². The van der Waals surface area contributed by atoms with Gasteiger partial charge in [-0.1, -0.05) is 12.6 Å². The topological polar surface area (TPSA) is 49.7 Å². The monoisotopic (exact) mass is 203 g/mol. The van der Waals surface area contributed by atoms with E-state index < -0.39 is 13.8 Å². The van der Waals surface area contributed by atoms with Gasteiger partial charge in [0, 0.05) is 6.07 Å². The highest BCUT2D eigenvalue weighted by Crippen LogP contribution is 2.51. The Kier molecular flexibility index (Phi) is 2.98. The molecule has 0 saturated carbocycles. The zero-order valence-corrected chi connectivity index (χ0v) is 7.62. The molecule has 0 radical (unpaired) electrons. The van der Waals surface area contributed by atoms with Crippen LogP contribution < -0.4 is 4.52 Å². The molecule has 0 unspecified atom stereocenters. The van der Waals surface area contributed by atoms with Gasteiger partial charge < -0.3 is 0 Å². The highest BCUT2D eigenvalue weighted by molar-refractivity contribution is 7.63. The second-order valence-electron chi connectivity index (χ2n) is 2.32. The van der Waals surface area contributed by atoms with Crippen molar-refractivity contribution >= 4 is 7.94 Å². The van der Waals surface area contributed by atoms with E-state index in [-0.39, 0.29) is 5.75 Å². The fourth-order valence-corrected chi connectivity index (χ4v) is 1.21. The molecular formula is C8H9FO3P+. The van der Waals surface area contributed by atoms with Crippen LogP contribution >= 0.6 is 7.94 Å². The van der Waals surface area contributed by atoms with Crippen molar-refractivity contribution in [2.24, 2.45) is 0 Å². The Morgan fingerprint density at radius 3 is 2.69 bits per heavy atom. The molecule has 0 atom stereocenters. The average Bonchev–Trinajstić information content (AvgIpc) is 2.03. The van der Waals surface area contributed by atoms with Gasteiger partial charge in [-0.15, -0.1) is 0 Å². The lowest BCUT2D eigenvalue weighted by Gasteiger charge is -2.06. The summed E-state index contributed by atoms with van der Waals surface area (Å²) in [6.45, 7) is 3.18. The van der Waals surface area contributed by atoms with E-state index in [1.165, 1.54) is 18.2 Å². The molecule has 1 aromatic carbocycles. The van der Waals surface area contributed by atoms with Gasteiger partial charge in [-0.25, -0.2) is 4.39 Å². The van der Waals surface area contributed by atoms with E-state index in [1.54, 1.807) is 0 Å². The molecule has 1 aromatic rings. The lowest BCUT2D eigenvalue weighted by atomic mass is 10.3. The highest BCUT2D eigenvalue weighted by atomic mass is 31.2. The van der Waals surface area contributed by atoms with E-state index in [4.69, 9.17) is 14.3 Å². The van der Waals surface area contributed by atoms with Crippen LogP contribution in [0.25, 0.3) is 0 Å². The third-order valence-corrected chi connectivity index (χ3v) is 2.23. The van der Waals surface area contributed by atoms with Crippen LogP contribution in [0, 0.1) is 5.82 Å². The van der Waals surface area contributed by atoms with E-state index in [1.807, 2.05) is 0 Å². The third kappa shape index (κ3) is 3.11. The summed E-state index contributed by atoms with van der Waals surface area (Å²) in [6, 6.07) is 5.13. The number of rotatable bonds is 3. The van der Waals surface area contributed by atoms with Crippen molar-refractivity contribution in [3.05, 3.63) is 42.5 Å². The Morgan fingerprint density at radius 1 is 1.46 bits per heavy atom. The first-order valence-corrected chi connectivity index (χ1v) is 5.15. The van der Waals surface area contributed by atoms with Crippen LogP contribution in [0.1, 0.15) is 0 Å². The molecule has 1 rings (SSSR count). The Hall–Kier alpha value is -0.960. The van der Waals surface area contributed by atoms with E-state index in [0.717, 1.165) is 11.9 Å². The summed E-state index contributed by atoms with van der Waals surface area (Å²) in [5.74, 6) is 0.470. The lowest BCUT2D eigenvalue weighted by molar-refractivity contribution is 0.352. The summed E-state index contributed by atoms with van der Waals surface area (Å²) in [7, 11) is -3.57. The first-order valence-electron chi connectivity index (χ1n) is 3.46. The minimum atomic E-state index is -3.57. The summed E-state index contributed by atoms with van der Waals surface area (Å²) in [4.78, 5) is 18.1. The predicted molar refractivity (Wildman–Crippen MR) is 48.6 cm³/mol. The largest absolute Gasteiger partial charge is 0.479 e. The fourth-order valence-electron chi connectivity index (χ4n) is 0.716. The summed E-state index contributed by atoms with van der Waals surface area (Å²) < 4.78 is 17.3. The van der Waals surface area contributed by atoms with Crippen LogP contribution in [-0.4, -0.2) is 9.79 Å². The SMILES string of the molecule is C=C[P+](O)(O)Oc1cccc(F)c1. The van der Waals surface area contributed by atoms with Gasteiger partial charge in [-0.2, -0.15) is 9.79 Å². The van der Waals surface area contributed by atoms with E-state index in [9.17, 15) is 4.39 Å². The molecule has 2 N–H and O–H groups in total. The Bertz CT molecular complexity index is 314. The predicted octanol–water partition coefficient (Wildman–Crippen LogP) is 2.10. The molecule has 0 amide bonds. The van der Waals surface area contributed by atoms with Gasteiger partial charge in [0.1, 0.15) is 11.6 Å². The molecule has 3 nitrogen and oxygen atoms in total. The van der Waals surface area contributed by atoms with Gasteiger partial charge in [0.25, 0.3) is 0 Å². The smallest absolute Gasteiger partial charge is 0.282 e. The van der Waals surface area contributed by atoms with Crippen LogP contribution in [0.5, 0.6) is 5.75 Å². The molecule has 0 spiro atoms. The van der Waals surface area contributed by atoms with Crippen molar-refractivity contribution in [3.8, 4) is 5.75 Å². The molecule has 0 saturated heterocycles. The molecule has 0 fully saturated rings. The minimum absolute atomic E-state index is 0.0678. The molecule has 0 heterocycles. The highest BCUT2D eigenvalue weighted by Gasteiger charge is 2.32. The molecule has 0 bridgehead atoms. The summed E-state index contributed by atoms with van der Waals surface area (Å²) in [6.07, 6.45) is 0. The first-order chi connectivity index (χ1) is 6.03. The van der Waals surface area contributed by atoms with Crippen LogP contribution in [0.2, 0.25) is 0 Å². The third-order valence-electron chi connectivity index (χ3n) is 1.27. The van der Waals surface area contributed by atoms with E-state index >= 15 is 0 Å². The summed E-state index contributed by atoms with van der Waals surface area (Å²) >= 11 is 0. The summed E-state index contributed by atoms with van der Waals surface area (Å²) in [5, 5.41) is 0. The van der Waals surface area contributed by atoms with Crippen LogP contribution in [0.4, 0.5) is 4.39 Å². The fraction of sp³-hybridized carbons (Fsp3) is 0. The molecular weight excluding hydrogens is 194 g/mol. The van der Waals surface area contributed by atoms with Crippen LogP contribution in [-0.2, 0) is 0 Å². The van der Waals surface area contributed by atoms with Crippen LogP contribution in [0.3, 0.4) is 0 Å². The molecule has 0 aliphatic carbocycles. The minimum Gasteiger partial charge on any atom is -0.282 e. The van der Waals surface area contributed by atoms with Crippen molar-refractivity contribution in [2.45, 2.75) is 0 Å². The normalized spacial score (nSPS) is 11.0. The Morgan fingerprint density at radius 2 is 2.15 bits per heavy atom. The van der Waals surface area contributed by atoms with Gasteiger partial charge in [0.2, 0.25) is 0 Å². The van der Waals surface area contributed by atoms with Crippen molar-refractivity contribution in [2.75, 3.05) is 0 Å². The van der Waals surface area contributed by atoms with E-state index in [2.05, 4.69) is 6.58 Å². The summed E-state index contributed by atoms with van der Waals surface area (Å²) in [5.41, 5.74) is 0. The lowest BCUT2D eigenvalue weighted by Crippen LogP contribution is -1.95. The van der Waals surface area contributed by atoms with Gasteiger partial charge in [0.15, 0.2) is 5.75 Å². The molecule has 5 heteroatoms. The van der Waals surface area contributed by atoms with Gasteiger partial charge >= 0.3 is 7.94 Å². The number of hydrogen-bond donors (Lipinski definition) is 2. The number of halogens is 1. The van der Waals surface area contributed by atoms with Crippen LogP contribution in [0.15, 0.2) is 36.7 Å². The standard InChI is InChI=1S/C8H9FO3P/c1-2-13(10,11)12-8-5-3-4-7(9)6-8/h2-6,10-11H,1H2/q+1. The molecule has 13 heavy (non-hydrogen) atoms. The van der Waals surface area contributed by atoms with Gasteiger partial charge in [-0.3, -0.25) is 4.52 Å². The van der Waals surface area contributed by atoms with Gasteiger partial charge in [0.05, 0.1) is 0 Å². The Labute approximate surface area is 75.7 Å². The zero-order chi connectivity index (χ0) is 9.90. The molecule has 0 aromatic heterocycles. The van der Waals surface area contributed by atoms with E-state index in [0.29, 0.717) is 0 Å². The maximum atomic E-state index is 12.6. The molecule has 0 aliphatic heterocycles.